The van der Waals surface area contributed by atoms with E-state index in [1.807, 2.05) is 12.1 Å². The van der Waals surface area contributed by atoms with Crippen molar-refractivity contribution in [2.45, 2.75) is 0 Å². The van der Waals surface area contributed by atoms with Crippen LogP contribution in [0, 0.1) is 0 Å². The number of amides is 1. The lowest BCUT2D eigenvalue weighted by Crippen LogP contribution is -2.12. The first-order chi connectivity index (χ1) is 11.7. The Morgan fingerprint density at radius 3 is 2.38 bits per heavy atom. The molecular formula is C17H17N3O4. The molecule has 1 heterocycles. The number of aromatic nitrogens is 2. The Bertz CT molecular complexity index is 863. The zero-order valence-electron chi connectivity index (χ0n) is 13.5. The van der Waals surface area contributed by atoms with Gasteiger partial charge in [0, 0.05) is 11.3 Å². The number of H-pyrrole nitrogens is 1. The van der Waals surface area contributed by atoms with Gasteiger partial charge in [0.05, 0.1) is 38.7 Å². The Balaban J connectivity index is 1.91. The number of anilines is 1. The SMILES string of the molecule is COc1cc(C(=O)Nc2ccc3nc[nH]c3c2)cc(OC)c1OC. The highest BCUT2D eigenvalue weighted by Gasteiger charge is 2.17. The van der Waals surface area contributed by atoms with Crippen molar-refractivity contribution in [2.75, 3.05) is 26.6 Å². The first-order valence-corrected chi connectivity index (χ1v) is 7.20. The summed E-state index contributed by atoms with van der Waals surface area (Å²) in [6, 6.07) is 8.64. The number of rotatable bonds is 5. The molecule has 124 valence electrons. The maximum Gasteiger partial charge on any atom is 0.255 e. The van der Waals surface area contributed by atoms with Crippen molar-refractivity contribution in [3.63, 3.8) is 0 Å². The van der Waals surface area contributed by atoms with Gasteiger partial charge in [0.25, 0.3) is 5.91 Å². The highest BCUT2D eigenvalue weighted by atomic mass is 16.5. The summed E-state index contributed by atoms with van der Waals surface area (Å²) < 4.78 is 15.8. The second-order valence-corrected chi connectivity index (χ2v) is 5.00. The zero-order chi connectivity index (χ0) is 17.1. The molecule has 0 radical (unpaired) electrons. The molecule has 0 aliphatic rings. The highest BCUT2D eigenvalue weighted by Crippen LogP contribution is 2.38. The molecule has 3 aromatic rings. The topological polar surface area (TPSA) is 85.5 Å². The lowest BCUT2D eigenvalue weighted by atomic mass is 10.1. The first kappa shape index (κ1) is 15.7. The van der Waals surface area contributed by atoms with Crippen LogP contribution in [0.5, 0.6) is 17.2 Å². The molecule has 0 spiro atoms. The number of carbonyl (C=O) groups excluding carboxylic acids is 1. The van der Waals surface area contributed by atoms with E-state index in [1.54, 1.807) is 24.5 Å². The smallest absolute Gasteiger partial charge is 0.255 e. The third-order valence-corrected chi connectivity index (χ3v) is 3.61. The van der Waals surface area contributed by atoms with Crippen LogP contribution in [-0.2, 0) is 0 Å². The number of benzene rings is 2. The minimum atomic E-state index is -0.284. The number of methoxy groups -OCH3 is 3. The molecule has 0 atom stereocenters. The molecule has 24 heavy (non-hydrogen) atoms. The standard InChI is InChI=1S/C17H17N3O4/c1-22-14-6-10(7-15(23-2)16(14)24-3)17(21)20-11-4-5-12-13(8-11)19-9-18-12/h4-9H,1-3H3,(H,18,19)(H,20,21). The number of hydrogen-bond donors (Lipinski definition) is 2. The van der Waals surface area contributed by atoms with Crippen LogP contribution < -0.4 is 19.5 Å². The molecule has 0 fully saturated rings. The number of carbonyl (C=O) groups is 1. The maximum atomic E-state index is 12.5. The monoisotopic (exact) mass is 327 g/mol. The van der Waals surface area contributed by atoms with Gasteiger partial charge in [-0.25, -0.2) is 4.98 Å². The van der Waals surface area contributed by atoms with Gasteiger partial charge >= 0.3 is 0 Å². The fourth-order valence-electron chi connectivity index (χ4n) is 2.43. The van der Waals surface area contributed by atoms with E-state index in [1.165, 1.54) is 21.3 Å². The Hall–Kier alpha value is -3.22. The van der Waals surface area contributed by atoms with Crippen LogP contribution in [0.25, 0.3) is 11.0 Å². The first-order valence-electron chi connectivity index (χ1n) is 7.20. The molecule has 0 bridgehead atoms. The van der Waals surface area contributed by atoms with Gasteiger partial charge in [0.1, 0.15) is 0 Å². The summed E-state index contributed by atoms with van der Waals surface area (Å²) in [6.45, 7) is 0. The number of hydrogen-bond acceptors (Lipinski definition) is 5. The van der Waals surface area contributed by atoms with Crippen LogP contribution in [0.3, 0.4) is 0 Å². The van der Waals surface area contributed by atoms with E-state index in [4.69, 9.17) is 14.2 Å². The molecule has 0 aliphatic heterocycles. The molecule has 1 amide bonds. The second-order valence-electron chi connectivity index (χ2n) is 5.00. The van der Waals surface area contributed by atoms with Crippen molar-refractivity contribution in [3.8, 4) is 17.2 Å². The Labute approximate surface area is 138 Å². The summed E-state index contributed by atoms with van der Waals surface area (Å²) in [5.74, 6) is 1.00. The molecular weight excluding hydrogens is 310 g/mol. The molecule has 1 aromatic heterocycles. The predicted molar refractivity (Wildman–Crippen MR) is 90.1 cm³/mol. The van der Waals surface area contributed by atoms with Crippen LogP contribution >= 0.6 is 0 Å². The summed E-state index contributed by atoms with van der Waals surface area (Å²) in [5, 5.41) is 2.84. The van der Waals surface area contributed by atoms with E-state index in [0.29, 0.717) is 28.5 Å². The number of nitrogens with zero attached hydrogens (tertiary/aromatic N) is 1. The van der Waals surface area contributed by atoms with Crippen molar-refractivity contribution in [1.29, 1.82) is 0 Å². The van der Waals surface area contributed by atoms with Gasteiger partial charge in [0.2, 0.25) is 5.75 Å². The molecule has 0 aliphatic carbocycles. The van der Waals surface area contributed by atoms with E-state index in [9.17, 15) is 4.79 Å². The Morgan fingerprint density at radius 1 is 1.04 bits per heavy atom. The largest absolute Gasteiger partial charge is 0.493 e. The van der Waals surface area contributed by atoms with Crippen molar-refractivity contribution in [3.05, 3.63) is 42.2 Å². The van der Waals surface area contributed by atoms with Crippen molar-refractivity contribution in [2.24, 2.45) is 0 Å². The van der Waals surface area contributed by atoms with Crippen LogP contribution in [-0.4, -0.2) is 37.2 Å². The second kappa shape index (κ2) is 6.49. The predicted octanol–water partition coefficient (Wildman–Crippen LogP) is 2.84. The van der Waals surface area contributed by atoms with Gasteiger partial charge in [0.15, 0.2) is 11.5 Å². The lowest BCUT2D eigenvalue weighted by Gasteiger charge is -2.14. The van der Waals surface area contributed by atoms with Gasteiger partial charge in [-0.05, 0) is 30.3 Å². The van der Waals surface area contributed by atoms with Crippen LogP contribution in [0.2, 0.25) is 0 Å². The summed E-state index contributed by atoms with van der Waals surface area (Å²) in [6.07, 6.45) is 1.61. The summed E-state index contributed by atoms with van der Waals surface area (Å²) >= 11 is 0. The molecule has 0 unspecified atom stereocenters. The van der Waals surface area contributed by atoms with Crippen molar-refractivity contribution < 1.29 is 19.0 Å². The van der Waals surface area contributed by atoms with E-state index >= 15 is 0 Å². The number of nitrogens with one attached hydrogen (secondary N) is 2. The number of aromatic amines is 1. The maximum absolute atomic E-state index is 12.5. The molecule has 7 nitrogen and oxygen atoms in total. The van der Waals surface area contributed by atoms with Crippen LogP contribution in [0.4, 0.5) is 5.69 Å². The average Bonchev–Trinajstić information content (AvgIpc) is 3.07. The number of fused-ring (bicyclic) bond motifs is 1. The number of ether oxygens (including phenoxy) is 3. The summed E-state index contributed by atoms with van der Waals surface area (Å²) in [5.41, 5.74) is 2.73. The van der Waals surface area contributed by atoms with Crippen LogP contribution in [0.15, 0.2) is 36.7 Å². The van der Waals surface area contributed by atoms with E-state index in [0.717, 1.165) is 11.0 Å². The molecule has 2 N–H and O–H groups in total. The Kier molecular flexibility index (Phi) is 4.24. The fourth-order valence-corrected chi connectivity index (χ4v) is 2.43. The fraction of sp³-hybridized carbons (Fsp3) is 0.176. The van der Waals surface area contributed by atoms with E-state index in [2.05, 4.69) is 15.3 Å². The molecule has 0 saturated carbocycles. The van der Waals surface area contributed by atoms with Crippen LogP contribution in [0.1, 0.15) is 10.4 Å². The number of imidazole rings is 1. The third kappa shape index (κ3) is 2.83. The van der Waals surface area contributed by atoms with Gasteiger partial charge < -0.3 is 24.5 Å². The van der Waals surface area contributed by atoms with Gasteiger partial charge in [-0.15, -0.1) is 0 Å². The van der Waals surface area contributed by atoms with Crippen molar-refractivity contribution in [1.82, 2.24) is 9.97 Å². The molecule has 0 saturated heterocycles. The lowest BCUT2D eigenvalue weighted by molar-refractivity contribution is 0.102. The summed E-state index contributed by atoms with van der Waals surface area (Å²) in [4.78, 5) is 19.7. The average molecular weight is 327 g/mol. The summed E-state index contributed by atoms with van der Waals surface area (Å²) in [7, 11) is 4.52. The zero-order valence-corrected chi connectivity index (χ0v) is 13.5. The molecule has 7 heteroatoms. The minimum Gasteiger partial charge on any atom is -0.493 e. The Morgan fingerprint density at radius 2 is 1.75 bits per heavy atom. The normalized spacial score (nSPS) is 10.5. The molecule has 2 aromatic carbocycles. The minimum absolute atomic E-state index is 0.284. The van der Waals surface area contributed by atoms with Crippen molar-refractivity contribution >= 4 is 22.6 Å². The van der Waals surface area contributed by atoms with Gasteiger partial charge in [-0.1, -0.05) is 0 Å². The quantitative estimate of drug-likeness (QED) is 0.752. The van der Waals surface area contributed by atoms with E-state index < -0.39 is 0 Å². The van der Waals surface area contributed by atoms with E-state index in [-0.39, 0.29) is 5.91 Å². The van der Waals surface area contributed by atoms with Gasteiger partial charge in [-0.2, -0.15) is 0 Å². The third-order valence-electron chi connectivity index (χ3n) is 3.61. The van der Waals surface area contributed by atoms with Gasteiger partial charge in [-0.3, -0.25) is 4.79 Å². The molecule has 3 rings (SSSR count). The highest BCUT2D eigenvalue weighted by molar-refractivity contribution is 6.05.